The number of hydrogen-bond donors (Lipinski definition) is 2. The van der Waals surface area contributed by atoms with E-state index in [-0.39, 0.29) is 43.1 Å². The van der Waals surface area contributed by atoms with Crippen LogP contribution in [0.15, 0.2) is 35.5 Å². The van der Waals surface area contributed by atoms with Crippen LogP contribution in [-0.4, -0.2) is 49.7 Å². The summed E-state index contributed by atoms with van der Waals surface area (Å²) in [6.07, 6.45) is -0.124. The maximum Gasteiger partial charge on any atom is 0.338 e. The molecule has 2 aliphatic heterocycles. The number of nitrogens with one attached hydrogen (secondary N) is 2. The van der Waals surface area contributed by atoms with E-state index in [9.17, 15) is 23.6 Å². The Morgan fingerprint density at radius 1 is 1.23 bits per heavy atom. The minimum atomic E-state index is -0.793. The smallest absolute Gasteiger partial charge is 0.338 e. The third kappa shape index (κ3) is 4.42. The third-order valence-electron chi connectivity index (χ3n) is 4.83. The molecule has 1 aromatic rings. The molecule has 2 N–H and O–H groups in total. The van der Waals surface area contributed by atoms with Gasteiger partial charge in [0.25, 0.3) is 0 Å². The lowest BCUT2D eigenvalue weighted by molar-refractivity contribution is -0.147. The number of esters is 2. The van der Waals surface area contributed by atoms with Crippen molar-refractivity contribution in [1.82, 2.24) is 10.6 Å². The monoisotopic (exact) mass is 419 g/mol. The summed E-state index contributed by atoms with van der Waals surface area (Å²) in [5.41, 5.74) is 0.373. The second-order valence-corrected chi connectivity index (χ2v) is 6.90. The largest absolute Gasteiger partial charge is 0.463 e. The number of amides is 3. The second kappa shape index (κ2) is 8.93. The number of rotatable bonds is 6. The Labute approximate surface area is 172 Å². The van der Waals surface area contributed by atoms with Crippen molar-refractivity contribution in [2.24, 2.45) is 5.92 Å². The van der Waals surface area contributed by atoms with Crippen molar-refractivity contribution >= 4 is 29.6 Å². The van der Waals surface area contributed by atoms with Gasteiger partial charge in [0.1, 0.15) is 12.4 Å². The zero-order chi connectivity index (χ0) is 21.8. The molecule has 0 spiro atoms. The first-order chi connectivity index (χ1) is 14.3. The molecule has 2 unspecified atom stereocenters. The minimum Gasteiger partial charge on any atom is -0.463 e. The highest BCUT2D eigenvalue weighted by molar-refractivity contribution is 5.99. The molecule has 9 nitrogen and oxygen atoms in total. The van der Waals surface area contributed by atoms with Gasteiger partial charge in [-0.3, -0.25) is 9.59 Å². The molecule has 1 fully saturated rings. The van der Waals surface area contributed by atoms with Crippen LogP contribution in [0.5, 0.6) is 0 Å². The molecule has 0 bridgehead atoms. The van der Waals surface area contributed by atoms with Crippen molar-refractivity contribution in [3.63, 3.8) is 0 Å². The summed E-state index contributed by atoms with van der Waals surface area (Å²) in [6.45, 7) is 3.01. The van der Waals surface area contributed by atoms with Crippen molar-refractivity contribution in [3.8, 4) is 0 Å². The first-order valence-electron chi connectivity index (χ1n) is 9.51. The summed E-state index contributed by atoms with van der Waals surface area (Å²) < 4.78 is 24.2. The van der Waals surface area contributed by atoms with Crippen LogP contribution in [0.2, 0.25) is 0 Å². The molecule has 0 saturated carbocycles. The highest BCUT2D eigenvalue weighted by Gasteiger charge is 2.38. The van der Waals surface area contributed by atoms with Crippen LogP contribution in [0.1, 0.15) is 20.3 Å². The van der Waals surface area contributed by atoms with E-state index >= 15 is 0 Å². The van der Waals surface area contributed by atoms with E-state index in [1.165, 1.54) is 23.1 Å². The van der Waals surface area contributed by atoms with E-state index < -0.39 is 41.7 Å². The lowest BCUT2D eigenvalue weighted by atomic mass is 10.0. The molecule has 1 saturated heterocycles. The maximum atomic E-state index is 14.0. The number of halogens is 1. The van der Waals surface area contributed by atoms with Gasteiger partial charge in [0, 0.05) is 13.0 Å². The molecule has 0 radical (unpaired) electrons. The van der Waals surface area contributed by atoms with E-state index in [2.05, 4.69) is 10.6 Å². The average molecular weight is 419 g/mol. The fourth-order valence-electron chi connectivity index (χ4n) is 3.42. The number of benzene rings is 1. The van der Waals surface area contributed by atoms with E-state index in [1.807, 2.05) is 0 Å². The third-order valence-corrected chi connectivity index (χ3v) is 4.83. The SMILES string of the molecule is CCOC(=O)C1=C(COC(=O)C2CC(=O)N(c3ccccc3F)C2)NC(=O)NC1C. The Hall–Kier alpha value is -3.43. The molecular formula is C20H22FN3O6. The number of nitrogens with zero attached hydrogens (tertiary/aromatic N) is 1. The lowest BCUT2D eigenvalue weighted by Gasteiger charge is -2.26. The lowest BCUT2D eigenvalue weighted by Crippen LogP contribution is -2.50. The summed E-state index contributed by atoms with van der Waals surface area (Å²) in [6, 6.07) is 4.64. The van der Waals surface area contributed by atoms with Crippen LogP contribution < -0.4 is 15.5 Å². The van der Waals surface area contributed by atoms with Gasteiger partial charge in [0.2, 0.25) is 5.91 Å². The standard InChI is InChI=1S/C20H22FN3O6/c1-3-29-19(27)17-11(2)22-20(28)23-14(17)10-30-18(26)12-8-16(25)24(9-12)15-7-5-4-6-13(15)21/h4-7,11-12H,3,8-10H2,1-2H3,(H2,22,23,28). The fraction of sp³-hybridized carbons (Fsp3) is 0.400. The van der Waals surface area contributed by atoms with Gasteiger partial charge >= 0.3 is 18.0 Å². The number of carbonyl (C=O) groups excluding carboxylic acids is 4. The van der Waals surface area contributed by atoms with Crippen LogP contribution in [0.3, 0.4) is 0 Å². The Morgan fingerprint density at radius 3 is 2.67 bits per heavy atom. The fourth-order valence-corrected chi connectivity index (χ4v) is 3.42. The Morgan fingerprint density at radius 2 is 1.97 bits per heavy atom. The van der Waals surface area contributed by atoms with Crippen LogP contribution in [-0.2, 0) is 23.9 Å². The molecule has 160 valence electrons. The molecule has 2 aliphatic rings. The molecule has 2 atom stereocenters. The van der Waals surface area contributed by atoms with E-state index in [4.69, 9.17) is 9.47 Å². The molecule has 0 aromatic heterocycles. The number of para-hydroxylation sites is 1. The van der Waals surface area contributed by atoms with Gasteiger partial charge in [-0.25, -0.2) is 14.0 Å². The number of anilines is 1. The van der Waals surface area contributed by atoms with E-state index in [0.717, 1.165) is 0 Å². The first kappa shape index (κ1) is 21.3. The van der Waals surface area contributed by atoms with Crippen molar-refractivity contribution in [2.75, 3.05) is 24.7 Å². The van der Waals surface area contributed by atoms with Gasteiger partial charge < -0.3 is 25.0 Å². The summed E-state index contributed by atoms with van der Waals surface area (Å²) in [7, 11) is 0. The van der Waals surface area contributed by atoms with E-state index in [0.29, 0.717) is 0 Å². The zero-order valence-electron chi connectivity index (χ0n) is 16.6. The molecule has 30 heavy (non-hydrogen) atoms. The van der Waals surface area contributed by atoms with Crippen molar-refractivity contribution < 1.29 is 33.0 Å². The molecule has 1 aromatic carbocycles. The number of ether oxygens (including phenoxy) is 2. The number of urea groups is 1. The summed E-state index contributed by atoms with van der Waals surface area (Å²) in [4.78, 5) is 49.9. The van der Waals surface area contributed by atoms with Crippen molar-refractivity contribution in [1.29, 1.82) is 0 Å². The Balaban J connectivity index is 1.69. The topological polar surface area (TPSA) is 114 Å². The van der Waals surface area contributed by atoms with Crippen LogP contribution in [0.4, 0.5) is 14.9 Å². The summed E-state index contributed by atoms with van der Waals surface area (Å²) in [5.74, 6) is -3.06. The van der Waals surface area contributed by atoms with Gasteiger partial charge in [-0.05, 0) is 26.0 Å². The van der Waals surface area contributed by atoms with Gasteiger partial charge in [-0.1, -0.05) is 12.1 Å². The molecule has 3 rings (SSSR count). The van der Waals surface area contributed by atoms with Gasteiger partial charge in [-0.2, -0.15) is 0 Å². The van der Waals surface area contributed by atoms with Crippen LogP contribution in [0.25, 0.3) is 0 Å². The Bertz CT molecular complexity index is 916. The maximum absolute atomic E-state index is 14.0. The quantitative estimate of drug-likeness (QED) is 0.671. The minimum absolute atomic E-state index is 0.0211. The average Bonchev–Trinajstić information content (AvgIpc) is 3.07. The molecule has 10 heteroatoms. The molecule has 2 heterocycles. The predicted octanol–water partition coefficient (Wildman–Crippen LogP) is 1.24. The highest BCUT2D eigenvalue weighted by Crippen LogP contribution is 2.28. The van der Waals surface area contributed by atoms with Crippen molar-refractivity contribution in [3.05, 3.63) is 41.4 Å². The normalized spacial score (nSPS) is 21.2. The van der Waals surface area contributed by atoms with Crippen LogP contribution in [0, 0.1) is 11.7 Å². The van der Waals surface area contributed by atoms with Gasteiger partial charge in [-0.15, -0.1) is 0 Å². The summed E-state index contributed by atoms with van der Waals surface area (Å²) >= 11 is 0. The number of carbonyl (C=O) groups is 4. The van der Waals surface area contributed by atoms with Gasteiger partial charge in [0.05, 0.1) is 35.5 Å². The summed E-state index contributed by atoms with van der Waals surface area (Å²) in [5, 5.41) is 5.00. The number of hydrogen-bond acceptors (Lipinski definition) is 6. The Kier molecular flexibility index (Phi) is 6.34. The zero-order valence-corrected chi connectivity index (χ0v) is 16.6. The molecule has 3 amide bonds. The van der Waals surface area contributed by atoms with Crippen LogP contribution >= 0.6 is 0 Å². The first-order valence-corrected chi connectivity index (χ1v) is 9.51. The second-order valence-electron chi connectivity index (χ2n) is 6.90. The van der Waals surface area contributed by atoms with E-state index in [1.54, 1.807) is 19.9 Å². The molecule has 0 aliphatic carbocycles. The highest BCUT2D eigenvalue weighted by atomic mass is 19.1. The predicted molar refractivity (Wildman–Crippen MR) is 103 cm³/mol. The van der Waals surface area contributed by atoms with Gasteiger partial charge in [0.15, 0.2) is 0 Å². The molecular weight excluding hydrogens is 397 g/mol. The van der Waals surface area contributed by atoms with Crippen molar-refractivity contribution in [2.45, 2.75) is 26.3 Å².